The minimum absolute atomic E-state index is 0.586. The number of aromatic nitrogens is 2. The molecule has 4 heterocycles. The average Bonchev–Trinajstić information content (AvgIpc) is 3.69. The molecule has 0 unspecified atom stereocenters. The number of nitrogens with one attached hydrogen (secondary N) is 1. The largest absolute Gasteiger partial charge is 0.492 e. The molecule has 8 heteroatoms. The Bertz CT molecular complexity index is 1380. The molecule has 0 saturated carbocycles. The van der Waals surface area contributed by atoms with Crippen LogP contribution in [0.25, 0.3) is 21.0 Å². The van der Waals surface area contributed by atoms with Gasteiger partial charge in [0.25, 0.3) is 0 Å². The van der Waals surface area contributed by atoms with E-state index in [1.54, 1.807) is 11.3 Å². The lowest BCUT2D eigenvalue weighted by molar-refractivity contribution is 0.122. The summed E-state index contributed by atoms with van der Waals surface area (Å²) in [6.07, 6.45) is 4.50. The Labute approximate surface area is 234 Å². The number of thiophene rings is 1. The minimum atomic E-state index is 0.586. The van der Waals surface area contributed by atoms with Crippen molar-refractivity contribution in [3.63, 3.8) is 0 Å². The first kappa shape index (κ1) is 25.8. The number of benzene rings is 2. The van der Waals surface area contributed by atoms with Crippen molar-refractivity contribution in [3.05, 3.63) is 72.4 Å². The molecule has 1 N–H and O–H groups in total. The van der Waals surface area contributed by atoms with Gasteiger partial charge in [-0.2, -0.15) is 0 Å². The molecule has 39 heavy (non-hydrogen) atoms. The van der Waals surface area contributed by atoms with Crippen molar-refractivity contribution in [2.45, 2.75) is 19.8 Å². The molecule has 0 aliphatic carbocycles. The standard InChI is InChI=1S/C31H35N5O2S/c1-23-22-32-31(33-25-7-9-27(10-8-25)38-20-15-35-13-2-3-14-35)34-30(23)29-12-11-28(39-29)24-5-4-6-26(21-24)36-16-18-37-19-17-36/h4-12,21-22H,2-3,13-20H2,1H3,(H,32,33,34). The molecule has 6 rings (SSSR count). The topological polar surface area (TPSA) is 62.8 Å². The van der Waals surface area contributed by atoms with E-state index in [1.165, 1.54) is 42.1 Å². The third-order valence-corrected chi connectivity index (χ3v) is 8.44. The Balaban J connectivity index is 1.12. The van der Waals surface area contributed by atoms with E-state index in [9.17, 15) is 0 Å². The highest BCUT2D eigenvalue weighted by Gasteiger charge is 2.15. The zero-order valence-corrected chi connectivity index (χ0v) is 23.3. The van der Waals surface area contributed by atoms with Crippen molar-refractivity contribution in [3.8, 4) is 26.8 Å². The van der Waals surface area contributed by atoms with Crippen LogP contribution in [0.1, 0.15) is 18.4 Å². The lowest BCUT2D eigenvalue weighted by Crippen LogP contribution is -2.36. The summed E-state index contributed by atoms with van der Waals surface area (Å²) in [5, 5.41) is 3.35. The Hall–Kier alpha value is -3.46. The summed E-state index contributed by atoms with van der Waals surface area (Å²) in [7, 11) is 0. The number of morpholine rings is 1. The maximum absolute atomic E-state index is 5.94. The van der Waals surface area contributed by atoms with Crippen molar-refractivity contribution in [1.29, 1.82) is 0 Å². The van der Waals surface area contributed by atoms with Gasteiger partial charge in [-0.3, -0.25) is 4.90 Å². The van der Waals surface area contributed by atoms with E-state index in [0.717, 1.165) is 67.0 Å². The van der Waals surface area contributed by atoms with Gasteiger partial charge in [-0.05, 0) is 92.5 Å². The quantitative estimate of drug-likeness (QED) is 0.269. The number of hydrogen-bond donors (Lipinski definition) is 1. The summed E-state index contributed by atoms with van der Waals surface area (Å²) < 4.78 is 11.5. The molecule has 4 aromatic rings. The first-order valence-corrected chi connectivity index (χ1v) is 14.6. The van der Waals surface area contributed by atoms with Crippen LogP contribution in [-0.2, 0) is 4.74 Å². The number of nitrogens with zero attached hydrogens (tertiary/aromatic N) is 4. The smallest absolute Gasteiger partial charge is 0.227 e. The first-order valence-electron chi connectivity index (χ1n) is 13.8. The van der Waals surface area contributed by atoms with E-state index in [-0.39, 0.29) is 0 Å². The second-order valence-electron chi connectivity index (χ2n) is 10.1. The Morgan fingerprint density at radius 1 is 0.949 bits per heavy atom. The van der Waals surface area contributed by atoms with Crippen LogP contribution in [0.15, 0.2) is 66.9 Å². The zero-order chi connectivity index (χ0) is 26.4. The van der Waals surface area contributed by atoms with Gasteiger partial charge in [0.2, 0.25) is 5.95 Å². The van der Waals surface area contributed by atoms with Crippen molar-refractivity contribution in [2.75, 3.05) is 62.8 Å². The predicted octanol–water partition coefficient (Wildman–Crippen LogP) is 6.24. The van der Waals surface area contributed by atoms with Gasteiger partial charge in [0.05, 0.1) is 23.8 Å². The van der Waals surface area contributed by atoms with Crippen molar-refractivity contribution < 1.29 is 9.47 Å². The molecule has 2 aliphatic heterocycles. The molecular weight excluding hydrogens is 506 g/mol. The maximum atomic E-state index is 5.94. The number of ether oxygens (including phenoxy) is 2. The molecule has 0 atom stereocenters. The fourth-order valence-corrected chi connectivity index (χ4v) is 6.17. The highest BCUT2D eigenvalue weighted by atomic mass is 32.1. The number of aryl methyl sites for hydroxylation is 1. The van der Waals surface area contributed by atoms with E-state index in [2.05, 4.69) is 63.4 Å². The second-order valence-corrected chi connectivity index (χ2v) is 11.2. The molecule has 2 aromatic heterocycles. The summed E-state index contributed by atoms with van der Waals surface area (Å²) >= 11 is 1.76. The lowest BCUT2D eigenvalue weighted by Gasteiger charge is -2.29. The maximum Gasteiger partial charge on any atom is 0.227 e. The third kappa shape index (κ3) is 6.41. The highest BCUT2D eigenvalue weighted by molar-refractivity contribution is 7.18. The molecule has 2 saturated heterocycles. The van der Waals surface area contributed by atoms with E-state index in [4.69, 9.17) is 14.5 Å². The van der Waals surface area contributed by atoms with Gasteiger partial charge in [-0.1, -0.05) is 12.1 Å². The number of likely N-dealkylation sites (tertiary alicyclic amines) is 1. The van der Waals surface area contributed by atoms with Gasteiger partial charge in [0, 0.05) is 42.1 Å². The monoisotopic (exact) mass is 541 g/mol. The van der Waals surface area contributed by atoms with Crippen LogP contribution >= 0.6 is 11.3 Å². The van der Waals surface area contributed by atoms with Crippen molar-refractivity contribution in [1.82, 2.24) is 14.9 Å². The average molecular weight is 542 g/mol. The summed E-state index contributed by atoms with van der Waals surface area (Å²) in [6.45, 7) is 9.60. The summed E-state index contributed by atoms with van der Waals surface area (Å²) in [6, 6.07) is 21.2. The second kappa shape index (κ2) is 12.2. The van der Waals surface area contributed by atoms with Crippen LogP contribution in [-0.4, -0.2) is 67.4 Å². The molecule has 2 fully saturated rings. The molecule has 2 aromatic carbocycles. The van der Waals surface area contributed by atoms with Crippen LogP contribution in [0.2, 0.25) is 0 Å². The van der Waals surface area contributed by atoms with Crippen molar-refractivity contribution >= 4 is 28.7 Å². The van der Waals surface area contributed by atoms with Gasteiger partial charge in [0.1, 0.15) is 12.4 Å². The Morgan fingerprint density at radius 2 is 1.74 bits per heavy atom. The summed E-state index contributed by atoms with van der Waals surface area (Å²) in [5.74, 6) is 1.47. The number of hydrogen-bond acceptors (Lipinski definition) is 8. The fraction of sp³-hybridized carbons (Fsp3) is 0.355. The van der Waals surface area contributed by atoms with Crippen LogP contribution in [0.4, 0.5) is 17.3 Å². The molecule has 0 bridgehead atoms. The third-order valence-electron chi connectivity index (χ3n) is 7.30. The van der Waals surface area contributed by atoms with Gasteiger partial charge >= 0.3 is 0 Å². The minimum Gasteiger partial charge on any atom is -0.492 e. The van der Waals surface area contributed by atoms with Gasteiger partial charge in [0.15, 0.2) is 0 Å². The normalized spacial score (nSPS) is 16.0. The molecule has 2 aliphatic rings. The first-order chi connectivity index (χ1) is 19.2. The van der Waals surface area contributed by atoms with E-state index < -0.39 is 0 Å². The predicted molar refractivity (Wildman–Crippen MR) is 159 cm³/mol. The van der Waals surface area contributed by atoms with Crippen LogP contribution in [0, 0.1) is 6.92 Å². The number of rotatable bonds is 9. The van der Waals surface area contributed by atoms with E-state index in [1.807, 2.05) is 30.5 Å². The van der Waals surface area contributed by atoms with Crippen LogP contribution < -0.4 is 15.0 Å². The Morgan fingerprint density at radius 3 is 2.56 bits per heavy atom. The van der Waals surface area contributed by atoms with Gasteiger partial charge < -0.3 is 19.7 Å². The Kier molecular flexibility index (Phi) is 8.04. The fourth-order valence-electron chi connectivity index (χ4n) is 5.11. The summed E-state index contributed by atoms with van der Waals surface area (Å²) in [5.41, 5.74) is 5.41. The van der Waals surface area contributed by atoms with Crippen molar-refractivity contribution in [2.24, 2.45) is 0 Å². The molecule has 7 nitrogen and oxygen atoms in total. The lowest BCUT2D eigenvalue weighted by atomic mass is 10.1. The summed E-state index contributed by atoms with van der Waals surface area (Å²) in [4.78, 5) is 16.6. The molecule has 0 radical (unpaired) electrons. The van der Waals surface area contributed by atoms with Crippen LogP contribution in [0.5, 0.6) is 5.75 Å². The SMILES string of the molecule is Cc1cnc(Nc2ccc(OCCN3CCCC3)cc2)nc1-c1ccc(-c2cccc(N3CCOCC3)c2)s1. The van der Waals surface area contributed by atoms with Crippen LogP contribution in [0.3, 0.4) is 0 Å². The van der Waals surface area contributed by atoms with Gasteiger partial charge in [-0.25, -0.2) is 9.97 Å². The van der Waals surface area contributed by atoms with E-state index >= 15 is 0 Å². The van der Waals surface area contributed by atoms with E-state index in [0.29, 0.717) is 5.95 Å². The molecule has 0 amide bonds. The molecular formula is C31H35N5O2S. The zero-order valence-electron chi connectivity index (χ0n) is 22.4. The highest BCUT2D eigenvalue weighted by Crippen LogP contribution is 2.36. The molecule has 202 valence electrons. The van der Waals surface area contributed by atoms with Gasteiger partial charge in [-0.15, -0.1) is 11.3 Å². The number of anilines is 3. The molecule has 0 spiro atoms.